The minimum absolute atomic E-state index is 0.0609. The highest BCUT2D eigenvalue weighted by Crippen LogP contribution is 2.62. The van der Waals surface area contributed by atoms with Gasteiger partial charge in [0.1, 0.15) is 5.41 Å². The van der Waals surface area contributed by atoms with E-state index in [1.165, 1.54) is 0 Å². The summed E-state index contributed by atoms with van der Waals surface area (Å²) in [5.41, 5.74) is -1.07. The standard InChI is InChI=1S/C10H16O4Si/c1-15(2,3)14-7-4-8(11)10(9(12)13)5-6(7)10/h6-7H,4-5H2,1-3H3,(H,12,13). The molecule has 0 spiro atoms. The molecule has 2 aliphatic carbocycles. The van der Waals surface area contributed by atoms with E-state index in [1.54, 1.807) is 0 Å². The maximum absolute atomic E-state index is 11.6. The molecule has 2 saturated carbocycles. The predicted octanol–water partition coefficient (Wildman–Crippen LogP) is 1.27. The molecule has 3 unspecified atom stereocenters. The van der Waals surface area contributed by atoms with E-state index in [4.69, 9.17) is 9.53 Å². The maximum atomic E-state index is 11.6. The smallest absolute Gasteiger partial charge is 0.317 e. The third-order valence-corrected chi connectivity index (χ3v) is 4.24. The van der Waals surface area contributed by atoms with Crippen LogP contribution in [0.25, 0.3) is 0 Å². The molecule has 1 N–H and O–H groups in total. The molecule has 0 aliphatic heterocycles. The van der Waals surface area contributed by atoms with Gasteiger partial charge in [-0.25, -0.2) is 0 Å². The number of aliphatic carboxylic acids is 1. The summed E-state index contributed by atoms with van der Waals surface area (Å²) in [6.07, 6.45) is 0.637. The Morgan fingerprint density at radius 2 is 2.13 bits per heavy atom. The van der Waals surface area contributed by atoms with Crippen molar-refractivity contribution < 1.29 is 19.1 Å². The first-order valence-corrected chi connectivity index (χ1v) is 8.63. The van der Waals surface area contributed by atoms with Crippen LogP contribution < -0.4 is 0 Å². The van der Waals surface area contributed by atoms with Gasteiger partial charge in [-0.2, -0.15) is 0 Å². The van der Waals surface area contributed by atoms with E-state index in [9.17, 15) is 9.59 Å². The molecule has 0 amide bonds. The van der Waals surface area contributed by atoms with Gasteiger partial charge in [-0.1, -0.05) is 0 Å². The SMILES string of the molecule is C[Si](C)(C)OC1CC(=O)C2(C(=O)O)CC12. The summed E-state index contributed by atoms with van der Waals surface area (Å²) in [6.45, 7) is 6.17. The van der Waals surface area contributed by atoms with E-state index in [2.05, 4.69) is 19.6 Å². The molecule has 0 aromatic rings. The molecule has 0 saturated heterocycles. The van der Waals surface area contributed by atoms with Gasteiger partial charge < -0.3 is 9.53 Å². The van der Waals surface area contributed by atoms with Gasteiger partial charge in [0.25, 0.3) is 0 Å². The minimum atomic E-state index is -1.68. The topological polar surface area (TPSA) is 63.6 Å². The van der Waals surface area contributed by atoms with Crippen LogP contribution in [0, 0.1) is 11.3 Å². The van der Waals surface area contributed by atoms with Crippen LogP contribution >= 0.6 is 0 Å². The summed E-state index contributed by atoms with van der Waals surface area (Å²) in [6, 6.07) is 0. The van der Waals surface area contributed by atoms with Crippen LogP contribution in [0.2, 0.25) is 19.6 Å². The Kier molecular flexibility index (Phi) is 2.10. The maximum Gasteiger partial charge on any atom is 0.317 e. The van der Waals surface area contributed by atoms with E-state index >= 15 is 0 Å². The fourth-order valence-corrected chi connectivity index (χ4v) is 3.66. The van der Waals surface area contributed by atoms with E-state index in [-0.39, 0.29) is 17.8 Å². The Labute approximate surface area is 89.7 Å². The average Bonchev–Trinajstić information content (AvgIpc) is 2.69. The third kappa shape index (κ3) is 1.54. The van der Waals surface area contributed by atoms with E-state index in [0.29, 0.717) is 12.8 Å². The average molecular weight is 228 g/mol. The van der Waals surface area contributed by atoms with E-state index in [0.717, 1.165) is 0 Å². The lowest BCUT2D eigenvalue weighted by Crippen LogP contribution is -2.32. The molecule has 0 aromatic carbocycles. The number of carboxylic acids is 1. The zero-order valence-electron chi connectivity index (χ0n) is 9.24. The largest absolute Gasteiger partial charge is 0.480 e. The Morgan fingerprint density at radius 3 is 2.47 bits per heavy atom. The van der Waals surface area contributed by atoms with Crippen LogP contribution in [0.15, 0.2) is 0 Å². The van der Waals surface area contributed by atoms with Gasteiger partial charge in [0, 0.05) is 12.3 Å². The van der Waals surface area contributed by atoms with Gasteiger partial charge in [0.2, 0.25) is 0 Å². The lowest BCUT2D eigenvalue weighted by Gasteiger charge is -2.23. The Bertz CT molecular complexity index is 333. The number of carbonyl (C=O) groups is 2. The third-order valence-electron chi connectivity index (χ3n) is 3.23. The van der Waals surface area contributed by atoms with Gasteiger partial charge in [-0.05, 0) is 26.1 Å². The van der Waals surface area contributed by atoms with Crippen molar-refractivity contribution in [3.63, 3.8) is 0 Å². The highest BCUT2D eigenvalue weighted by Gasteiger charge is 2.73. The first-order chi connectivity index (χ1) is 6.77. The number of Topliss-reactive ketones (excluding diaryl/α,β-unsaturated/α-hetero) is 1. The zero-order valence-corrected chi connectivity index (χ0v) is 10.2. The molecular weight excluding hydrogens is 212 g/mol. The Morgan fingerprint density at radius 1 is 1.53 bits per heavy atom. The van der Waals surface area contributed by atoms with Crippen molar-refractivity contribution in [1.82, 2.24) is 0 Å². The summed E-state index contributed by atoms with van der Waals surface area (Å²) in [5.74, 6) is -1.16. The van der Waals surface area contributed by atoms with Gasteiger partial charge in [0.05, 0.1) is 6.10 Å². The predicted molar refractivity (Wildman–Crippen MR) is 56.0 cm³/mol. The Balaban J connectivity index is 2.11. The summed E-state index contributed by atoms with van der Waals surface area (Å²) < 4.78 is 5.85. The molecular formula is C10H16O4Si. The second kappa shape index (κ2) is 2.92. The molecule has 2 aliphatic rings. The van der Waals surface area contributed by atoms with Crippen LogP contribution in [0.3, 0.4) is 0 Å². The number of ketones is 1. The number of carboxylic acid groups (broad SMARTS) is 1. The van der Waals surface area contributed by atoms with Crippen LogP contribution in [0.4, 0.5) is 0 Å². The molecule has 15 heavy (non-hydrogen) atoms. The van der Waals surface area contributed by atoms with Crippen molar-refractivity contribution in [3.05, 3.63) is 0 Å². The summed E-state index contributed by atoms with van der Waals surface area (Å²) >= 11 is 0. The molecule has 0 aromatic heterocycles. The number of hydrogen-bond donors (Lipinski definition) is 1. The lowest BCUT2D eigenvalue weighted by molar-refractivity contribution is -0.147. The molecule has 4 nitrogen and oxygen atoms in total. The second-order valence-corrected chi connectivity index (χ2v) is 9.94. The minimum Gasteiger partial charge on any atom is -0.480 e. The zero-order chi connectivity index (χ0) is 11.4. The molecule has 84 valence electrons. The molecule has 2 fully saturated rings. The van der Waals surface area contributed by atoms with Crippen molar-refractivity contribution in [2.75, 3.05) is 0 Å². The molecule has 0 heterocycles. The fourth-order valence-electron chi connectivity index (χ4n) is 2.51. The first kappa shape index (κ1) is 10.8. The summed E-state index contributed by atoms with van der Waals surface area (Å²) in [7, 11) is -1.68. The van der Waals surface area contributed by atoms with Crippen molar-refractivity contribution in [2.24, 2.45) is 11.3 Å². The van der Waals surface area contributed by atoms with Crippen molar-refractivity contribution >= 4 is 20.1 Å². The van der Waals surface area contributed by atoms with Crippen LogP contribution in [0.1, 0.15) is 12.8 Å². The van der Waals surface area contributed by atoms with Gasteiger partial charge in [-0.15, -0.1) is 0 Å². The van der Waals surface area contributed by atoms with Crippen LogP contribution in [-0.4, -0.2) is 31.3 Å². The fraction of sp³-hybridized carbons (Fsp3) is 0.800. The van der Waals surface area contributed by atoms with E-state index < -0.39 is 19.7 Å². The molecule has 0 radical (unpaired) electrons. The number of hydrogen-bond acceptors (Lipinski definition) is 3. The van der Waals surface area contributed by atoms with Crippen molar-refractivity contribution in [2.45, 2.75) is 38.6 Å². The first-order valence-electron chi connectivity index (χ1n) is 5.22. The lowest BCUT2D eigenvalue weighted by atomic mass is 10.0. The number of rotatable bonds is 3. The molecule has 0 bridgehead atoms. The second-order valence-electron chi connectivity index (χ2n) is 5.48. The van der Waals surface area contributed by atoms with Crippen LogP contribution in [0.5, 0.6) is 0 Å². The number of carbonyl (C=O) groups excluding carboxylic acids is 1. The molecule has 3 atom stereocenters. The van der Waals surface area contributed by atoms with Gasteiger partial charge in [-0.3, -0.25) is 9.59 Å². The normalized spacial score (nSPS) is 39.0. The quantitative estimate of drug-likeness (QED) is 0.583. The highest BCUT2D eigenvalue weighted by molar-refractivity contribution is 6.69. The molecule has 5 heteroatoms. The van der Waals surface area contributed by atoms with Crippen LogP contribution in [-0.2, 0) is 14.0 Å². The monoisotopic (exact) mass is 228 g/mol. The van der Waals surface area contributed by atoms with Gasteiger partial charge in [0.15, 0.2) is 14.1 Å². The molecule has 2 rings (SSSR count). The highest BCUT2D eigenvalue weighted by atomic mass is 28.4. The van der Waals surface area contributed by atoms with Crippen molar-refractivity contribution in [3.8, 4) is 0 Å². The van der Waals surface area contributed by atoms with E-state index in [1.807, 2.05) is 0 Å². The van der Waals surface area contributed by atoms with Gasteiger partial charge >= 0.3 is 5.97 Å². The van der Waals surface area contributed by atoms with Crippen molar-refractivity contribution in [1.29, 1.82) is 0 Å². The number of fused-ring (bicyclic) bond motifs is 1. The summed E-state index contributed by atoms with van der Waals surface area (Å²) in [4.78, 5) is 22.7. The summed E-state index contributed by atoms with van der Waals surface area (Å²) in [5, 5.41) is 9.04. The Hall–Kier alpha value is -0.683.